The molecule has 0 spiro atoms. The third-order valence-electron chi connectivity index (χ3n) is 6.27. The zero-order chi connectivity index (χ0) is 22.6. The Hall–Kier alpha value is -3.61. The van der Waals surface area contributed by atoms with Gasteiger partial charge in [0.15, 0.2) is 22.7 Å². The van der Waals surface area contributed by atoms with Crippen molar-refractivity contribution in [3.8, 4) is 23.0 Å². The summed E-state index contributed by atoms with van der Waals surface area (Å²) >= 11 is 0. The summed E-state index contributed by atoms with van der Waals surface area (Å²) in [4.78, 5) is 13.5. The van der Waals surface area contributed by atoms with Gasteiger partial charge in [0.25, 0.3) is 0 Å². The molecule has 2 aromatic heterocycles. The molecule has 0 unspecified atom stereocenters. The molecular formula is C25H22O7. The van der Waals surface area contributed by atoms with E-state index >= 15 is 0 Å². The number of aryl methyl sites for hydroxylation is 1. The average Bonchev–Trinajstić information content (AvgIpc) is 3.05. The smallest absolute Gasteiger partial charge is 0.302 e. The number of aromatic hydroxyl groups is 2. The molecule has 0 saturated heterocycles. The van der Waals surface area contributed by atoms with Crippen molar-refractivity contribution in [2.45, 2.75) is 51.7 Å². The minimum atomic E-state index is -0.592. The molecular weight excluding hydrogens is 412 g/mol. The molecule has 0 bridgehead atoms. The Balaban J connectivity index is 1.72. The Kier molecular flexibility index (Phi) is 3.46. The number of furan rings is 1. The van der Waals surface area contributed by atoms with Gasteiger partial charge in [-0.25, -0.2) is 0 Å². The molecule has 4 heterocycles. The van der Waals surface area contributed by atoms with Gasteiger partial charge in [-0.2, -0.15) is 0 Å². The second-order valence-electron chi connectivity index (χ2n) is 9.69. The van der Waals surface area contributed by atoms with Crippen LogP contribution < -0.4 is 14.9 Å². The van der Waals surface area contributed by atoms with Crippen molar-refractivity contribution in [3.63, 3.8) is 0 Å². The van der Waals surface area contributed by atoms with Gasteiger partial charge in [-0.3, -0.25) is 4.79 Å². The standard InChI is InChI=1S/C25H22O7/c1-24(2)7-5-11-16(31-24)10-14(26)18-19(28)17-13-9-15(27)21-12(6-8-25(3,4)32-21)20(13)29-23(17)30-22(11)18/h6,8-10,26-27H,5,7H2,1-4H3. The molecule has 32 heavy (non-hydrogen) atoms. The molecule has 164 valence electrons. The molecule has 2 N–H and O–H groups in total. The maximum atomic E-state index is 13.5. The largest absolute Gasteiger partial charge is 0.507 e. The number of phenolic OH excluding ortho intramolecular Hbond substituents is 2. The zero-order valence-corrected chi connectivity index (χ0v) is 18.2. The fourth-order valence-corrected chi connectivity index (χ4v) is 4.64. The SMILES string of the molecule is CC1(C)C=Cc2c(c(O)cc3c2oc2oc4c5c(cc(O)c4c(=O)c23)OC(C)(C)CC5)O1. The lowest BCUT2D eigenvalue weighted by Crippen LogP contribution is -2.32. The highest BCUT2D eigenvalue weighted by molar-refractivity contribution is 6.10. The van der Waals surface area contributed by atoms with E-state index in [4.69, 9.17) is 18.3 Å². The topological polar surface area (TPSA) is 102 Å². The number of hydrogen-bond acceptors (Lipinski definition) is 7. The minimum Gasteiger partial charge on any atom is -0.507 e. The van der Waals surface area contributed by atoms with Crippen molar-refractivity contribution in [2.75, 3.05) is 0 Å². The van der Waals surface area contributed by atoms with Crippen LogP contribution >= 0.6 is 0 Å². The van der Waals surface area contributed by atoms with Crippen LogP contribution in [0.5, 0.6) is 23.0 Å². The number of phenols is 2. The highest BCUT2D eigenvalue weighted by atomic mass is 16.5. The molecule has 7 nitrogen and oxygen atoms in total. The van der Waals surface area contributed by atoms with Crippen LogP contribution in [0.3, 0.4) is 0 Å². The van der Waals surface area contributed by atoms with Gasteiger partial charge in [0.2, 0.25) is 5.43 Å². The van der Waals surface area contributed by atoms with Gasteiger partial charge in [-0.15, -0.1) is 0 Å². The summed E-state index contributed by atoms with van der Waals surface area (Å²) in [6, 6.07) is 2.92. The Morgan fingerprint density at radius 3 is 2.47 bits per heavy atom. The van der Waals surface area contributed by atoms with E-state index < -0.39 is 11.0 Å². The van der Waals surface area contributed by atoms with Gasteiger partial charge in [-0.05, 0) is 58.8 Å². The molecule has 0 fully saturated rings. The van der Waals surface area contributed by atoms with E-state index in [9.17, 15) is 15.0 Å². The normalized spacial score (nSPS) is 18.4. The summed E-state index contributed by atoms with van der Waals surface area (Å²) in [6.07, 6.45) is 5.04. The van der Waals surface area contributed by atoms with E-state index in [0.717, 1.165) is 12.0 Å². The number of hydrogen-bond donors (Lipinski definition) is 2. The molecule has 0 aliphatic carbocycles. The summed E-state index contributed by atoms with van der Waals surface area (Å²) in [6.45, 7) is 7.70. The molecule has 7 heteroatoms. The molecule has 0 saturated carbocycles. The van der Waals surface area contributed by atoms with Gasteiger partial charge in [0.05, 0.1) is 5.56 Å². The van der Waals surface area contributed by atoms with Crippen LogP contribution in [-0.2, 0) is 6.42 Å². The lowest BCUT2D eigenvalue weighted by Gasteiger charge is -2.32. The first kappa shape index (κ1) is 19.1. The molecule has 6 rings (SSSR count). The Morgan fingerprint density at radius 2 is 1.69 bits per heavy atom. The quantitative estimate of drug-likeness (QED) is 0.382. The van der Waals surface area contributed by atoms with Crippen LogP contribution in [0.1, 0.15) is 45.2 Å². The molecule has 2 aromatic carbocycles. The number of rotatable bonds is 0. The molecule has 0 radical (unpaired) electrons. The third-order valence-corrected chi connectivity index (χ3v) is 6.27. The summed E-state index contributed by atoms with van der Waals surface area (Å²) in [5.74, 6) is 0.502. The maximum Gasteiger partial charge on any atom is 0.302 e. The van der Waals surface area contributed by atoms with E-state index in [-0.39, 0.29) is 45.0 Å². The molecule has 0 amide bonds. The third kappa shape index (κ3) is 2.51. The summed E-state index contributed by atoms with van der Waals surface area (Å²) in [5.41, 5.74) is 0.501. The van der Waals surface area contributed by atoms with Crippen molar-refractivity contribution in [1.29, 1.82) is 0 Å². The average molecular weight is 434 g/mol. The van der Waals surface area contributed by atoms with Crippen LogP contribution in [0.25, 0.3) is 39.2 Å². The Labute approximate surface area is 182 Å². The van der Waals surface area contributed by atoms with Crippen molar-refractivity contribution >= 4 is 39.2 Å². The van der Waals surface area contributed by atoms with Crippen molar-refractivity contribution in [1.82, 2.24) is 0 Å². The van der Waals surface area contributed by atoms with Gasteiger partial charge in [0.1, 0.15) is 33.5 Å². The van der Waals surface area contributed by atoms with Gasteiger partial charge in [-0.1, -0.05) is 0 Å². The summed E-state index contributed by atoms with van der Waals surface area (Å²) in [7, 11) is 0. The molecule has 0 atom stereocenters. The van der Waals surface area contributed by atoms with Crippen LogP contribution in [0.15, 0.2) is 31.8 Å². The van der Waals surface area contributed by atoms with Crippen LogP contribution in [0.4, 0.5) is 0 Å². The second kappa shape index (κ2) is 5.79. The van der Waals surface area contributed by atoms with Crippen LogP contribution in [-0.4, -0.2) is 21.4 Å². The Morgan fingerprint density at radius 1 is 0.938 bits per heavy atom. The summed E-state index contributed by atoms with van der Waals surface area (Å²) in [5, 5.41) is 22.0. The van der Waals surface area contributed by atoms with Gasteiger partial charge >= 0.3 is 5.78 Å². The Bertz CT molecular complexity index is 1560. The predicted octanol–water partition coefficient (Wildman–Crippen LogP) is 5.39. The van der Waals surface area contributed by atoms with Crippen LogP contribution in [0.2, 0.25) is 0 Å². The highest BCUT2D eigenvalue weighted by Gasteiger charge is 2.33. The first-order valence-electron chi connectivity index (χ1n) is 10.6. The number of benzene rings is 2. The molecule has 4 aromatic rings. The fourth-order valence-electron chi connectivity index (χ4n) is 4.64. The lowest BCUT2D eigenvalue weighted by atomic mass is 9.92. The van der Waals surface area contributed by atoms with Crippen LogP contribution in [0, 0.1) is 0 Å². The van der Waals surface area contributed by atoms with E-state index in [1.807, 2.05) is 39.8 Å². The van der Waals surface area contributed by atoms with Gasteiger partial charge < -0.3 is 28.5 Å². The van der Waals surface area contributed by atoms with E-state index in [2.05, 4.69) is 0 Å². The zero-order valence-electron chi connectivity index (χ0n) is 18.2. The lowest BCUT2D eigenvalue weighted by molar-refractivity contribution is 0.0846. The van der Waals surface area contributed by atoms with E-state index in [0.29, 0.717) is 28.7 Å². The minimum absolute atomic E-state index is 0.0289. The highest BCUT2D eigenvalue weighted by Crippen LogP contribution is 2.47. The number of fused-ring (bicyclic) bond motifs is 8. The summed E-state index contributed by atoms with van der Waals surface area (Å²) < 4.78 is 24.0. The van der Waals surface area contributed by atoms with Crippen molar-refractivity contribution < 1.29 is 28.5 Å². The monoisotopic (exact) mass is 434 g/mol. The van der Waals surface area contributed by atoms with Gasteiger partial charge in [0, 0.05) is 17.0 Å². The van der Waals surface area contributed by atoms with E-state index in [1.54, 1.807) is 0 Å². The predicted molar refractivity (Wildman–Crippen MR) is 120 cm³/mol. The maximum absolute atomic E-state index is 13.5. The molecule has 2 aliphatic heterocycles. The first-order valence-corrected chi connectivity index (χ1v) is 10.6. The number of ether oxygens (including phenoxy) is 2. The molecule has 2 aliphatic rings. The van der Waals surface area contributed by atoms with Crippen molar-refractivity contribution in [2.24, 2.45) is 0 Å². The van der Waals surface area contributed by atoms with Crippen molar-refractivity contribution in [3.05, 3.63) is 39.6 Å². The second-order valence-corrected chi connectivity index (χ2v) is 9.69. The fraction of sp³-hybridized carbons (Fsp3) is 0.320. The first-order chi connectivity index (χ1) is 15.0. The van der Waals surface area contributed by atoms with E-state index in [1.165, 1.54) is 12.1 Å².